The van der Waals surface area contributed by atoms with E-state index in [4.69, 9.17) is 23.7 Å². The van der Waals surface area contributed by atoms with Gasteiger partial charge in [-0.3, -0.25) is 0 Å². The first-order valence-corrected chi connectivity index (χ1v) is 9.96. The molecule has 0 amide bonds. The zero-order chi connectivity index (χ0) is 21.6. The highest BCUT2D eigenvalue weighted by Crippen LogP contribution is 2.38. The summed E-state index contributed by atoms with van der Waals surface area (Å²) in [5.74, 6) is 2.63. The lowest BCUT2D eigenvalue weighted by molar-refractivity contribution is 0.284. The second-order valence-electron chi connectivity index (χ2n) is 6.98. The van der Waals surface area contributed by atoms with Crippen LogP contribution in [-0.2, 0) is 6.61 Å². The lowest BCUT2D eigenvalue weighted by atomic mass is 10.1. The van der Waals surface area contributed by atoms with Gasteiger partial charge < -0.3 is 23.7 Å². The van der Waals surface area contributed by atoms with Crippen LogP contribution in [-0.4, -0.2) is 25.9 Å². The van der Waals surface area contributed by atoms with E-state index in [1.807, 2.05) is 72.8 Å². The van der Waals surface area contributed by atoms with Gasteiger partial charge in [-0.25, -0.2) is 0 Å². The van der Waals surface area contributed by atoms with Crippen molar-refractivity contribution >= 4 is 17.0 Å². The first-order valence-electron chi connectivity index (χ1n) is 9.96. The van der Waals surface area contributed by atoms with Gasteiger partial charge in [0.15, 0.2) is 22.8 Å². The van der Waals surface area contributed by atoms with E-state index < -0.39 is 0 Å². The molecular formula is C26H24O5. The molecule has 0 saturated carbocycles. The molecule has 0 aliphatic rings. The number of benzene rings is 3. The maximum Gasteiger partial charge on any atom is 0.176 e. The molecule has 3 aromatic carbocycles. The number of hydrogen-bond acceptors (Lipinski definition) is 5. The number of aliphatic hydroxyl groups is 1. The second-order valence-corrected chi connectivity index (χ2v) is 6.98. The fourth-order valence-electron chi connectivity index (χ4n) is 3.40. The Morgan fingerprint density at radius 1 is 0.871 bits per heavy atom. The summed E-state index contributed by atoms with van der Waals surface area (Å²) >= 11 is 0. The van der Waals surface area contributed by atoms with Gasteiger partial charge in [0, 0.05) is 10.9 Å². The van der Waals surface area contributed by atoms with Crippen LogP contribution in [0.15, 0.2) is 77.2 Å². The van der Waals surface area contributed by atoms with Gasteiger partial charge >= 0.3 is 0 Å². The first-order chi connectivity index (χ1) is 15.2. The molecule has 1 N–H and O–H groups in total. The van der Waals surface area contributed by atoms with Crippen LogP contribution in [0.3, 0.4) is 0 Å². The van der Waals surface area contributed by atoms with Crippen molar-refractivity contribution in [2.45, 2.75) is 6.61 Å². The number of hydrogen-bond donors (Lipinski definition) is 1. The zero-order valence-corrected chi connectivity index (χ0v) is 17.5. The molecule has 0 unspecified atom stereocenters. The number of rotatable bonds is 8. The van der Waals surface area contributed by atoms with Gasteiger partial charge in [-0.1, -0.05) is 42.5 Å². The van der Waals surface area contributed by atoms with Crippen LogP contribution in [0.1, 0.15) is 11.1 Å². The number of furan rings is 1. The zero-order valence-electron chi connectivity index (χ0n) is 17.5. The van der Waals surface area contributed by atoms with Gasteiger partial charge in [-0.15, -0.1) is 0 Å². The standard InChI is InChI=1S/C26H24O5/c1-28-24-15-20(10-11-22(24)30-17-18-7-4-3-5-8-18)23-16-21-13-19(9-6-12-27)14-25(29-2)26(21)31-23/h3-11,13-16,27H,12,17H2,1-2H3. The molecule has 158 valence electrons. The highest BCUT2D eigenvalue weighted by atomic mass is 16.5. The van der Waals surface area contributed by atoms with E-state index in [0.29, 0.717) is 35.2 Å². The Labute approximate surface area is 181 Å². The van der Waals surface area contributed by atoms with E-state index in [1.54, 1.807) is 20.3 Å². The fourth-order valence-corrected chi connectivity index (χ4v) is 3.40. The number of methoxy groups -OCH3 is 2. The predicted octanol–water partition coefficient (Wildman–Crippen LogP) is 5.70. The average molecular weight is 416 g/mol. The highest BCUT2D eigenvalue weighted by Gasteiger charge is 2.14. The van der Waals surface area contributed by atoms with Gasteiger partial charge in [0.2, 0.25) is 0 Å². The molecule has 4 aromatic rings. The van der Waals surface area contributed by atoms with Crippen molar-refractivity contribution in [1.82, 2.24) is 0 Å². The SMILES string of the molecule is COc1cc(-c2cc3cc(C=CCO)cc(OC)c3o2)ccc1OCc1ccccc1. The Hall–Kier alpha value is -3.70. The summed E-state index contributed by atoms with van der Waals surface area (Å²) in [6, 6.07) is 21.6. The summed E-state index contributed by atoms with van der Waals surface area (Å²) in [7, 11) is 3.23. The summed E-state index contributed by atoms with van der Waals surface area (Å²) in [5, 5.41) is 9.95. The predicted molar refractivity (Wildman–Crippen MR) is 122 cm³/mol. The van der Waals surface area contributed by atoms with Crippen LogP contribution in [0.4, 0.5) is 0 Å². The maximum atomic E-state index is 9.04. The molecule has 0 aliphatic carbocycles. The topological polar surface area (TPSA) is 61.1 Å². The van der Waals surface area contributed by atoms with Crippen molar-refractivity contribution in [2.24, 2.45) is 0 Å². The van der Waals surface area contributed by atoms with Gasteiger partial charge in [0.05, 0.1) is 20.8 Å². The molecule has 5 heteroatoms. The third-order valence-corrected chi connectivity index (χ3v) is 4.93. The third kappa shape index (κ3) is 4.57. The summed E-state index contributed by atoms with van der Waals surface area (Å²) in [4.78, 5) is 0. The van der Waals surface area contributed by atoms with E-state index in [0.717, 1.165) is 22.1 Å². The lowest BCUT2D eigenvalue weighted by Gasteiger charge is -2.11. The first kappa shape index (κ1) is 20.6. The Morgan fingerprint density at radius 3 is 2.42 bits per heavy atom. The number of aliphatic hydroxyl groups excluding tert-OH is 1. The minimum Gasteiger partial charge on any atom is -0.493 e. The highest BCUT2D eigenvalue weighted by molar-refractivity contribution is 5.89. The second kappa shape index (κ2) is 9.41. The van der Waals surface area contributed by atoms with Crippen molar-refractivity contribution in [3.05, 3.63) is 83.9 Å². The fraction of sp³-hybridized carbons (Fsp3) is 0.154. The Morgan fingerprint density at radius 2 is 1.68 bits per heavy atom. The quantitative estimate of drug-likeness (QED) is 0.399. The van der Waals surface area contributed by atoms with E-state index in [9.17, 15) is 0 Å². The van der Waals surface area contributed by atoms with Crippen LogP contribution >= 0.6 is 0 Å². The average Bonchev–Trinajstić information content (AvgIpc) is 3.25. The van der Waals surface area contributed by atoms with Crippen molar-refractivity contribution in [2.75, 3.05) is 20.8 Å². The van der Waals surface area contributed by atoms with Crippen LogP contribution in [0, 0.1) is 0 Å². The lowest BCUT2D eigenvalue weighted by Crippen LogP contribution is -1.97. The summed E-state index contributed by atoms with van der Waals surface area (Å²) in [6.45, 7) is 0.442. The van der Waals surface area contributed by atoms with Gasteiger partial charge in [-0.05, 0) is 47.5 Å². The largest absolute Gasteiger partial charge is 0.493 e. The molecule has 0 aliphatic heterocycles. The van der Waals surface area contributed by atoms with E-state index >= 15 is 0 Å². The van der Waals surface area contributed by atoms with Gasteiger partial charge in [0.25, 0.3) is 0 Å². The molecule has 5 nitrogen and oxygen atoms in total. The van der Waals surface area contributed by atoms with Gasteiger partial charge in [0.1, 0.15) is 12.4 Å². The molecule has 0 saturated heterocycles. The molecule has 0 spiro atoms. The van der Waals surface area contributed by atoms with Crippen LogP contribution in [0.25, 0.3) is 28.4 Å². The normalized spacial score (nSPS) is 11.2. The van der Waals surface area contributed by atoms with Crippen molar-refractivity contribution in [3.63, 3.8) is 0 Å². The molecule has 31 heavy (non-hydrogen) atoms. The van der Waals surface area contributed by atoms with Crippen LogP contribution in [0.5, 0.6) is 17.2 Å². The van der Waals surface area contributed by atoms with E-state index in [-0.39, 0.29) is 6.61 Å². The Bertz CT molecular complexity index is 1190. The smallest absolute Gasteiger partial charge is 0.176 e. The van der Waals surface area contributed by atoms with E-state index in [1.165, 1.54) is 0 Å². The molecule has 0 atom stereocenters. The molecule has 1 aromatic heterocycles. The minimum atomic E-state index is -0.0184. The number of fused-ring (bicyclic) bond motifs is 1. The van der Waals surface area contributed by atoms with Crippen molar-refractivity contribution in [3.8, 4) is 28.6 Å². The Balaban J connectivity index is 1.64. The van der Waals surface area contributed by atoms with Crippen LogP contribution < -0.4 is 14.2 Å². The van der Waals surface area contributed by atoms with E-state index in [2.05, 4.69) is 0 Å². The van der Waals surface area contributed by atoms with Crippen LogP contribution in [0.2, 0.25) is 0 Å². The van der Waals surface area contributed by atoms with Crippen molar-refractivity contribution < 1.29 is 23.7 Å². The maximum absolute atomic E-state index is 9.04. The molecule has 0 bridgehead atoms. The summed E-state index contributed by atoms with van der Waals surface area (Å²) in [5.41, 5.74) is 3.55. The molecular weight excluding hydrogens is 392 g/mol. The minimum absolute atomic E-state index is 0.0184. The monoisotopic (exact) mass is 416 g/mol. The van der Waals surface area contributed by atoms with Crippen molar-refractivity contribution in [1.29, 1.82) is 0 Å². The summed E-state index contributed by atoms with van der Waals surface area (Å²) in [6.07, 6.45) is 3.52. The molecule has 4 rings (SSSR count). The third-order valence-electron chi connectivity index (χ3n) is 4.93. The van der Waals surface area contributed by atoms with Gasteiger partial charge in [-0.2, -0.15) is 0 Å². The molecule has 1 heterocycles. The Kier molecular flexibility index (Phi) is 6.24. The molecule has 0 fully saturated rings. The molecule has 0 radical (unpaired) electrons. The number of ether oxygens (including phenoxy) is 3. The summed E-state index contributed by atoms with van der Waals surface area (Å²) < 4.78 is 23.1.